The molecule has 3 heteroatoms. The molecule has 0 bridgehead atoms. The van der Waals surface area contributed by atoms with Crippen LogP contribution in [0.3, 0.4) is 0 Å². The Balaban J connectivity index is 2.03. The van der Waals surface area contributed by atoms with Crippen molar-refractivity contribution in [3.63, 3.8) is 0 Å². The van der Waals surface area contributed by atoms with Crippen LogP contribution in [-0.4, -0.2) is 31.4 Å². The van der Waals surface area contributed by atoms with Crippen LogP contribution in [0.15, 0.2) is 29.2 Å². The third-order valence-electron chi connectivity index (χ3n) is 3.95. The number of nitrogens with zero attached hydrogens (tertiary/aromatic N) is 1. The van der Waals surface area contributed by atoms with Crippen LogP contribution in [0.2, 0.25) is 0 Å². The van der Waals surface area contributed by atoms with Crippen LogP contribution in [0.4, 0.5) is 5.69 Å². The molecule has 1 aliphatic rings. The number of para-hydroxylation sites is 1. The van der Waals surface area contributed by atoms with E-state index >= 15 is 0 Å². The van der Waals surface area contributed by atoms with Crippen LogP contribution >= 0.6 is 11.8 Å². The molecule has 0 amide bonds. The van der Waals surface area contributed by atoms with Crippen molar-refractivity contribution in [3.8, 4) is 0 Å². The minimum Gasteiger partial charge on any atom is -0.368 e. The predicted molar refractivity (Wildman–Crippen MR) is 86.3 cm³/mol. The average Bonchev–Trinajstić information content (AvgIpc) is 2.45. The monoisotopic (exact) mass is 278 g/mol. The Bertz CT molecular complexity index is 394. The van der Waals surface area contributed by atoms with E-state index in [1.165, 1.54) is 36.4 Å². The molecule has 1 aromatic carbocycles. The van der Waals surface area contributed by atoms with Gasteiger partial charge in [0.25, 0.3) is 0 Å². The van der Waals surface area contributed by atoms with E-state index in [2.05, 4.69) is 54.6 Å². The van der Waals surface area contributed by atoms with E-state index in [9.17, 15) is 0 Å². The van der Waals surface area contributed by atoms with Gasteiger partial charge in [-0.05, 0) is 51.1 Å². The summed E-state index contributed by atoms with van der Waals surface area (Å²) in [6.45, 7) is 6.91. The fraction of sp³-hybridized carbons (Fsp3) is 0.625. The fourth-order valence-corrected chi connectivity index (χ4v) is 3.54. The number of hydrogen-bond acceptors (Lipinski definition) is 3. The zero-order chi connectivity index (χ0) is 13.7. The molecule has 0 radical (unpaired) electrons. The van der Waals surface area contributed by atoms with Crippen LogP contribution in [0.1, 0.15) is 33.1 Å². The molecule has 1 fully saturated rings. The maximum Gasteiger partial charge on any atom is 0.0506 e. The van der Waals surface area contributed by atoms with Gasteiger partial charge in [0.15, 0.2) is 0 Å². The summed E-state index contributed by atoms with van der Waals surface area (Å²) in [6.07, 6.45) is 5.90. The molecular weight excluding hydrogens is 252 g/mol. The van der Waals surface area contributed by atoms with E-state index < -0.39 is 0 Å². The van der Waals surface area contributed by atoms with E-state index in [0.717, 1.165) is 6.54 Å². The van der Waals surface area contributed by atoms with Gasteiger partial charge < -0.3 is 10.2 Å². The van der Waals surface area contributed by atoms with Crippen LogP contribution < -0.4 is 10.2 Å². The maximum absolute atomic E-state index is 3.67. The quantitative estimate of drug-likeness (QED) is 0.826. The van der Waals surface area contributed by atoms with Crippen LogP contribution in [0.5, 0.6) is 0 Å². The topological polar surface area (TPSA) is 15.3 Å². The molecule has 106 valence electrons. The number of benzene rings is 1. The van der Waals surface area contributed by atoms with Gasteiger partial charge in [0.2, 0.25) is 0 Å². The third kappa shape index (κ3) is 3.67. The van der Waals surface area contributed by atoms with Gasteiger partial charge in [0.1, 0.15) is 0 Å². The lowest BCUT2D eigenvalue weighted by atomic mass is 9.97. The van der Waals surface area contributed by atoms with Gasteiger partial charge in [-0.25, -0.2) is 0 Å². The van der Waals surface area contributed by atoms with Crippen molar-refractivity contribution in [2.24, 2.45) is 0 Å². The average molecular weight is 278 g/mol. The highest BCUT2D eigenvalue weighted by atomic mass is 32.2. The number of rotatable bonds is 5. The fourth-order valence-electron chi connectivity index (χ4n) is 2.93. The largest absolute Gasteiger partial charge is 0.368 e. The zero-order valence-electron chi connectivity index (χ0n) is 12.4. The van der Waals surface area contributed by atoms with Gasteiger partial charge in [-0.2, -0.15) is 0 Å². The Morgan fingerprint density at radius 3 is 2.84 bits per heavy atom. The van der Waals surface area contributed by atoms with Gasteiger partial charge in [-0.15, -0.1) is 11.8 Å². The number of piperidine rings is 1. The number of hydrogen-bond donors (Lipinski definition) is 1. The van der Waals surface area contributed by atoms with Gasteiger partial charge in [0.05, 0.1) is 5.69 Å². The van der Waals surface area contributed by atoms with Crippen LogP contribution in [-0.2, 0) is 0 Å². The summed E-state index contributed by atoms with van der Waals surface area (Å²) in [5.41, 5.74) is 1.41. The lowest BCUT2D eigenvalue weighted by Gasteiger charge is -2.40. The first kappa shape index (κ1) is 14.7. The molecule has 19 heavy (non-hydrogen) atoms. The van der Waals surface area contributed by atoms with Crippen molar-refractivity contribution in [2.45, 2.75) is 50.1 Å². The van der Waals surface area contributed by atoms with Gasteiger partial charge >= 0.3 is 0 Å². The summed E-state index contributed by atoms with van der Waals surface area (Å²) in [6, 6.07) is 10.1. The standard InChI is InChI=1S/C16H26N2S/c1-4-10-17-14-9-11-18(13(2)12-14)15-7-5-6-8-16(15)19-3/h5-8,13-14,17H,4,9-12H2,1-3H3. The van der Waals surface area contributed by atoms with Crippen LogP contribution in [0.25, 0.3) is 0 Å². The Kier molecular flexibility index (Phi) is 5.59. The zero-order valence-corrected chi connectivity index (χ0v) is 13.2. The Morgan fingerprint density at radius 1 is 1.37 bits per heavy atom. The third-order valence-corrected chi connectivity index (χ3v) is 4.74. The number of nitrogens with one attached hydrogen (secondary N) is 1. The summed E-state index contributed by atoms with van der Waals surface area (Å²) >= 11 is 1.85. The molecule has 2 rings (SSSR count). The van der Waals surface area contributed by atoms with Crippen molar-refractivity contribution in [1.29, 1.82) is 0 Å². The van der Waals surface area contributed by atoms with E-state index in [1.54, 1.807) is 0 Å². The first-order valence-corrected chi connectivity index (χ1v) is 8.61. The predicted octanol–water partition coefficient (Wildman–Crippen LogP) is 3.77. The molecule has 1 N–H and O–H groups in total. The van der Waals surface area contributed by atoms with Gasteiger partial charge in [0, 0.05) is 23.5 Å². The molecule has 1 heterocycles. The summed E-state index contributed by atoms with van der Waals surface area (Å²) in [4.78, 5) is 3.98. The van der Waals surface area contributed by atoms with E-state index in [-0.39, 0.29) is 0 Å². The normalized spacial score (nSPS) is 23.6. The minimum atomic E-state index is 0.622. The summed E-state index contributed by atoms with van der Waals surface area (Å²) in [7, 11) is 0. The molecule has 0 spiro atoms. The van der Waals surface area contributed by atoms with E-state index in [1.807, 2.05) is 11.8 Å². The minimum absolute atomic E-state index is 0.622. The number of thioether (sulfide) groups is 1. The van der Waals surface area contributed by atoms with Crippen LogP contribution in [0, 0.1) is 0 Å². The summed E-state index contributed by atoms with van der Waals surface area (Å²) in [5, 5.41) is 3.67. The smallest absolute Gasteiger partial charge is 0.0506 e. The molecule has 2 unspecified atom stereocenters. The highest BCUT2D eigenvalue weighted by Crippen LogP contribution is 2.32. The lowest BCUT2D eigenvalue weighted by molar-refractivity contribution is 0.368. The lowest BCUT2D eigenvalue weighted by Crippen LogP contribution is -2.47. The molecule has 1 saturated heterocycles. The Hall–Kier alpha value is -0.670. The first-order valence-electron chi connectivity index (χ1n) is 7.39. The van der Waals surface area contributed by atoms with E-state index in [0.29, 0.717) is 12.1 Å². The van der Waals surface area contributed by atoms with Gasteiger partial charge in [-0.1, -0.05) is 19.1 Å². The van der Waals surface area contributed by atoms with Crippen molar-refractivity contribution in [3.05, 3.63) is 24.3 Å². The molecule has 2 nitrogen and oxygen atoms in total. The molecule has 0 saturated carbocycles. The van der Waals surface area contributed by atoms with Crippen molar-refractivity contribution in [1.82, 2.24) is 5.32 Å². The number of anilines is 1. The molecule has 1 aromatic rings. The Labute approximate surface area is 122 Å². The van der Waals surface area contributed by atoms with Crippen molar-refractivity contribution in [2.75, 3.05) is 24.2 Å². The second kappa shape index (κ2) is 7.20. The second-order valence-electron chi connectivity index (χ2n) is 5.39. The van der Waals surface area contributed by atoms with Crippen molar-refractivity contribution >= 4 is 17.4 Å². The summed E-state index contributed by atoms with van der Waals surface area (Å²) < 4.78 is 0. The first-order chi connectivity index (χ1) is 9.26. The van der Waals surface area contributed by atoms with Crippen molar-refractivity contribution < 1.29 is 0 Å². The van der Waals surface area contributed by atoms with E-state index in [4.69, 9.17) is 0 Å². The molecule has 0 aromatic heterocycles. The molecule has 0 aliphatic carbocycles. The molecule has 2 atom stereocenters. The SMILES string of the molecule is CCCNC1CCN(c2ccccc2SC)C(C)C1. The highest BCUT2D eigenvalue weighted by molar-refractivity contribution is 7.98. The maximum atomic E-state index is 3.67. The molecular formula is C16H26N2S. The Morgan fingerprint density at radius 2 is 2.16 bits per heavy atom. The highest BCUT2D eigenvalue weighted by Gasteiger charge is 2.26. The summed E-state index contributed by atoms with van der Waals surface area (Å²) in [5.74, 6) is 0. The van der Waals surface area contributed by atoms with Gasteiger partial charge in [-0.3, -0.25) is 0 Å². The second-order valence-corrected chi connectivity index (χ2v) is 6.24. The molecule has 1 aliphatic heterocycles.